The first-order chi connectivity index (χ1) is 15.3. The van der Waals surface area contributed by atoms with Crippen molar-refractivity contribution in [2.24, 2.45) is 5.41 Å². The van der Waals surface area contributed by atoms with Gasteiger partial charge in [-0.3, -0.25) is 14.5 Å². The lowest BCUT2D eigenvalue weighted by Gasteiger charge is -2.37. The zero-order chi connectivity index (χ0) is 23.0. The monoisotopic (exact) mass is 434 g/mol. The molecule has 32 heavy (non-hydrogen) atoms. The zero-order valence-corrected chi connectivity index (χ0v) is 19.3. The maximum Gasteiger partial charge on any atom is 0.227 e. The van der Waals surface area contributed by atoms with E-state index in [1.807, 2.05) is 49.4 Å². The van der Waals surface area contributed by atoms with Crippen LogP contribution in [-0.2, 0) is 9.59 Å². The molecule has 6 nitrogen and oxygen atoms in total. The van der Waals surface area contributed by atoms with Gasteiger partial charge in [0.25, 0.3) is 0 Å². The third-order valence-electron chi connectivity index (χ3n) is 6.20. The number of ether oxygens (including phenoxy) is 2. The molecule has 1 atom stereocenters. The van der Waals surface area contributed by atoms with E-state index in [0.29, 0.717) is 29.9 Å². The van der Waals surface area contributed by atoms with E-state index in [2.05, 4.69) is 19.2 Å². The second-order valence-electron chi connectivity index (χ2n) is 9.11. The lowest BCUT2D eigenvalue weighted by molar-refractivity contribution is -0.119. The Hall–Kier alpha value is -3.28. The van der Waals surface area contributed by atoms with E-state index in [0.717, 1.165) is 29.1 Å². The molecule has 4 rings (SSSR count). The summed E-state index contributed by atoms with van der Waals surface area (Å²) in [6, 6.07) is 12.8. The van der Waals surface area contributed by atoms with Gasteiger partial charge < -0.3 is 14.8 Å². The predicted octanol–water partition coefficient (Wildman–Crippen LogP) is 5.26. The quantitative estimate of drug-likeness (QED) is 0.711. The van der Waals surface area contributed by atoms with Crippen molar-refractivity contribution in [3.8, 4) is 11.5 Å². The highest BCUT2D eigenvalue weighted by atomic mass is 16.5. The van der Waals surface area contributed by atoms with Gasteiger partial charge in [0.1, 0.15) is 0 Å². The molecule has 1 N–H and O–H groups in total. The number of hydrogen-bond donors (Lipinski definition) is 1. The van der Waals surface area contributed by atoms with Crippen LogP contribution < -0.4 is 19.7 Å². The molecule has 0 unspecified atom stereocenters. The molecule has 2 aliphatic rings. The van der Waals surface area contributed by atoms with E-state index in [-0.39, 0.29) is 17.1 Å². The Kier molecular flexibility index (Phi) is 5.71. The summed E-state index contributed by atoms with van der Waals surface area (Å²) in [4.78, 5) is 28.7. The largest absolute Gasteiger partial charge is 0.493 e. The third kappa shape index (κ3) is 3.74. The van der Waals surface area contributed by atoms with Crippen molar-refractivity contribution in [2.75, 3.05) is 24.4 Å². The molecule has 1 aliphatic carbocycles. The Morgan fingerprint density at radius 2 is 1.81 bits per heavy atom. The number of fused-ring (bicyclic) bond motifs is 1. The Balaban J connectivity index is 2.01. The first-order valence-corrected chi connectivity index (χ1v) is 11.0. The number of para-hydroxylation sites is 2. The van der Waals surface area contributed by atoms with E-state index < -0.39 is 6.04 Å². The molecule has 1 heterocycles. The molecule has 0 saturated carbocycles. The number of ketones is 1. The van der Waals surface area contributed by atoms with Crippen molar-refractivity contribution in [3.05, 3.63) is 59.3 Å². The van der Waals surface area contributed by atoms with Crippen molar-refractivity contribution in [1.29, 1.82) is 0 Å². The topological polar surface area (TPSA) is 67.9 Å². The molecular formula is C26H30N2O4. The fourth-order valence-electron chi connectivity index (χ4n) is 4.77. The number of rotatable bonds is 4. The van der Waals surface area contributed by atoms with Gasteiger partial charge in [0.2, 0.25) is 5.91 Å². The lowest BCUT2D eigenvalue weighted by atomic mass is 9.73. The number of allylic oxidation sites excluding steroid dienone is 1. The van der Waals surface area contributed by atoms with Crippen LogP contribution in [0.2, 0.25) is 0 Å². The Bertz CT molecular complexity index is 1100. The molecule has 0 spiro atoms. The van der Waals surface area contributed by atoms with Crippen molar-refractivity contribution < 1.29 is 19.1 Å². The number of nitrogens with one attached hydrogen (secondary N) is 1. The number of nitrogens with zero attached hydrogens (tertiary/aromatic N) is 1. The van der Waals surface area contributed by atoms with E-state index in [1.165, 1.54) is 0 Å². The highest BCUT2D eigenvalue weighted by Crippen LogP contribution is 2.49. The average Bonchev–Trinajstić information content (AvgIpc) is 2.91. The SMILES string of the molecule is CCC(=O)N1c2ccccc2NC2=C(C(=O)CC(C)(C)C2)[C@@H]1c1ccc(OC)c(OC)c1. The standard InChI is InChI=1S/C26H30N2O4/c1-6-23(30)28-19-10-8-7-9-17(19)27-18-14-26(2,3)15-20(29)24(18)25(28)16-11-12-21(31-4)22(13-16)32-5/h7-13,25,27H,6,14-15H2,1-5H3/t25-/m0/s1. The third-order valence-corrected chi connectivity index (χ3v) is 6.20. The lowest BCUT2D eigenvalue weighted by Crippen LogP contribution is -2.39. The van der Waals surface area contributed by atoms with Gasteiger partial charge in [-0.1, -0.05) is 39.0 Å². The summed E-state index contributed by atoms with van der Waals surface area (Å²) < 4.78 is 11.0. The molecule has 0 saturated heterocycles. The summed E-state index contributed by atoms with van der Waals surface area (Å²) in [5.74, 6) is 1.17. The minimum absolute atomic E-state index is 0.0505. The van der Waals surface area contributed by atoms with Gasteiger partial charge in [-0.05, 0) is 41.7 Å². The number of methoxy groups -OCH3 is 2. The number of hydrogen-bond acceptors (Lipinski definition) is 5. The summed E-state index contributed by atoms with van der Waals surface area (Å²) in [6.45, 7) is 6.05. The van der Waals surface area contributed by atoms with Gasteiger partial charge in [-0.15, -0.1) is 0 Å². The molecule has 2 aromatic rings. The van der Waals surface area contributed by atoms with Crippen LogP contribution in [0.5, 0.6) is 11.5 Å². The number of carbonyl (C=O) groups excluding carboxylic acids is 2. The zero-order valence-electron chi connectivity index (χ0n) is 19.3. The summed E-state index contributed by atoms with van der Waals surface area (Å²) in [5, 5.41) is 3.52. The summed E-state index contributed by atoms with van der Waals surface area (Å²) >= 11 is 0. The van der Waals surface area contributed by atoms with Gasteiger partial charge in [0, 0.05) is 24.1 Å². The highest BCUT2D eigenvalue weighted by Gasteiger charge is 2.43. The van der Waals surface area contributed by atoms with Crippen LogP contribution in [0.3, 0.4) is 0 Å². The summed E-state index contributed by atoms with van der Waals surface area (Å²) in [7, 11) is 3.17. The molecule has 1 amide bonds. The van der Waals surface area contributed by atoms with Crippen molar-refractivity contribution in [3.63, 3.8) is 0 Å². The molecule has 0 aromatic heterocycles. The molecule has 0 bridgehead atoms. The number of anilines is 2. The van der Waals surface area contributed by atoms with Gasteiger partial charge in [0.05, 0.1) is 31.6 Å². The van der Waals surface area contributed by atoms with Crippen LogP contribution in [0.25, 0.3) is 0 Å². The van der Waals surface area contributed by atoms with Crippen molar-refractivity contribution in [2.45, 2.75) is 46.1 Å². The number of Topliss-reactive ketones (excluding diaryl/α,β-unsaturated/α-hetero) is 1. The maximum atomic E-state index is 13.6. The smallest absolute Gasteiger partial charge is 0.227 e. The first-order valence-electron chi connectivity index (χ1n) is 11.0. The van der Waals surface area contributed by atoms with Crippen LogP contribution in [-0.4, -0.2) is 25.9 Å². The fourth-order valence-corrected chi connectivity index (χ4v) is 4.77. The summed E-state index contributed by atoms with van der Waals surface area (Å²) in [5.41, 5.74) is 3.77. The average molecular weight is 435 g/mol. The maximum absolute atomic E-state index is 13.6. The van der Waals surface area contributed by atoms with Gasteiger partial charge >= 0.3 is 0 Å². The Labute approximate surface area is 189 Å². The second-order valence-corrected chi connectivity index (χ2v) is 9.11. The highest BCUT2D eigenvalue weighted by molar-refractivity contribution is 6.06. The number of amides is 1. The van der Waals surface area contributed by atoms with E-state index in [1.54, 1.807) is 19.1 Å². The first kappa shape index (κ1) is 21.9. The number of benzene rings is 2. The Morgan fingerprint density at radius 3 is 2.50 bits per heavy atom. The molecule has 0 radical (unpaired) electrons. The van der Waals surface area contributed by atoms with Gasteiger partial charge in [-0.25, -0.2) is 0 Å². The van der Waals surface area contributed by atoms with Gasteiger partial charge in [-0.2, -0.15) is 0 Å². The molecule has 1 aliphatic heterocycles. The minimum Gasteiger partial charge on any atom is -0.493 e. The van der Waals surface area contributed by atoms with E-state index in [9.17, 15) is 9.59 Å². The van der Waals surface area contributed by atoms with Crippen LogP contribution in [0, 0.1) is 5.41 Å². The minimum atomic E-state index is -0.558. The van der Waals surface area contributed by atoms with Crippen LogP contribution in [0.15, 0.2) is 53.7 Å². The molecule has 0 fully saturated rings. The molecule has 168 valence electrons. The van der Waals surface area contributed by atoms with Crippen LogP contribution in [0.1, 0.15) is 51.6 Å². The van der Waals surface area contributed by atoms with Crippen LogP contribution >= 0.6 is 0 Å². The Morgan fingerprint density at radius 1 is 1.09 bits per heavy atom. The number of carbonyl (C=O) groups is 2. The normalized spacial score (nSPS) is 19.5. The van der Waals surface area contributed by atoms with Crippen molar-refractivity contribution in [1.82, 2.24) is 0 Å². The van der Waals surface area contributed by atoms with Crippen LogP contribution in [0.4, 0.5) is 11.4 Å². The fraction of sp³-hybridized carbons (Fsp3) is 0.385. The molecule has 6 heteroatoms. The van der Waals surface area contributed by atoms with E-state index in [4.69, 9.17) is 9.47 Å². The summed E-state index contributed by atoms with van der Waals surface area (Å²) in [6.07, 6.45) is 1.47. The molecular weight excluding hydrogens is 404 g/mol. The molecule has 2 aromatic carbocycles. The van der Waals surface area contributed by atoms with Crippen molar-refractivity contribution >= 4 is 23.1 Å². The predicted molar refractivity (Wildman–Crippen MR) is 125 cm³/mol. The van der Waals surface area contributed by atoms with Gasteiger partial charge in [0.15, 0.2) is 17.3 Å². The second kappa shape index (κ2) is 8.34. The van der Waals surface area contributed by atoms with E-state index >= 15 is 0 Å².